The summed E-state index contributed by atoms with van der Waals surface area (Å²) in [5, 5.41) is 1.12. The van der Waals surface area contributed by atoms with E-state index < -0.39 is 11.8 Å². The van der Waals surface area contributed by atoms with Crippen LogP contribution in [0.4, 0.5) is 0 Å². The SMILES string of the molecule is CCC(C)C(=O)C(=O)OCCc1c[nH]c2ccccc12. The minimum Gasteiger partial charge on any atom is -0.460 e. The number of para-hydroxylation sites is 1. The molecule has 0 aliphatic rings. The molecular weight excluding hydrogens is 254 g/mol. The quantitative estimate of drug-likeness (QED) is 0.650. The van der Waals surface area contributed by atoms with E-state index in [-0.39, 0.29) is 12.5 Å². The van der Waals surface area contributed by atoms with E-state index in [9.17, 15) is 9.59 Å². The topological polar surface area (TPSA) is 59.2 Å². The maximum absolute atomic E-state index is 11.6. The van der Waals surface area contributed by atoms with Crippen LogP contribution in [-0.2, 0) is 20.7 Å². The molecule has 0 fully saturated rings. The van der Waals surface area contributed by atoms with Crippen molar-refractivity contribution in [2.75, 3.05) is 6.61 Å². The second-order valence-corrected chi connectivity index (χ2v) is 4.92. The van der Waals surface area contributed by atoms with E-state index in [1.54, 1.807) is 6.92 Å². The van der Waals surface area contributed by atoms with Crippen molar-refractivity contribution in [3.63, 3.8) is 0 Å². The smallest absolute Gasteiger partial charge is 0.374 e. The Morgan fingerprint density at radius 2 is 2.05 bits per heavy atom. The van der Waals surface area contributed by atoms with Gasteiger partial charge >= 0.3 is 5.97 Å². The molecule has 4 nitrogen and oxygen atoms in total. The van der Waals surface area contributed by atoms with Gasteiger partial charge < -0.3 is 9.72 Å². The first-order valence-corrected chi connectivity index (χ1v) is 6.89. The Kier molecular flexibility index (Phi) is 4.56. The lowest BCUT2D eigenvalue weighted by molar-refractivity contribution is -0.155. The van der Waals surface area contributed by atoms with Crippen molar-refractivity contribution in [2.45, 2.75) is 26.7 Å². The summed E-state index contributed by atoms with van der Waals surface area (Å²) in [6.45, 7) is 3.84. The number of aromatic amines is 1. The molecule has 1 aromatic heterocycles. The van der Waals surface area contributed by atoms with Gasteiger partial charge in [0.2, 0.25) is 5.78 Å². The summed E-state index contributed by atoms with van der Waals surface area (Å²) in [5.41, 5.74) is 2.15. The largest absolute Gasteiger partial charge is 0.460 e. The molecule has 0 bridgehead atoms. The number of esters is 1. The third-order valence-electron chi connectivity index (χ3n) is 3.54. The first-order valence-electron chi connectivity index (χ1n) is 6.89. The number of ketones is 1. The molecule has 0 radical (unpaired) electrons. The summed E-state index contributed by atoms with van der Waals surface area (Å²) in [4.78, 5) is 26.3. The van der Waals surface area contributed by atoms with Crippen LogP contribution in [0, 0.1) is 5.92 Å². The number of benzene rings is 1. The first kappa shape index (κ1) is 14.3. The monoisotopic (exact) mass is 273 g/mol. The maximum Gasteiger partial charge on any atom is 0.374 e. The lowest BCUT2D eigenvalue weighted by atomic mass is 10.0. The van der Waals surface area contributed by atoms with Crippen LogP contribution >= 0.6 is 0 Å². The minimum absolute atomic E-state index is 0.225. The molecular formula is C16H19NO3. The minimum atomic E-state index is -0.723. The van der Waals surface area contributed by atoms with E-state index in [0.29, 0.717) is 12.8 Å². The van der Waals surface area contributed by atoms with E-state index in [1.807, 2.05) is 37.4 Å². The Balaban J connectivity index is 1.90. The highest BCUT2D eigenvalue weighted by molar-refractivity contribution is 6.34. The first-order chi connectivity index (χ1) is 9.63. The van der Waals surface area contributed by atoms with E-state index in [2.05, 4.69) is 4.98 Å². The van der Waals surface area contributed by atoms with Gasteiger partial charge in [-0.1, -0.05) is 32.0 Å². The summed E-state index contributed by atoms with van der Waals surface area (Å²) in [6, 6.07) is 7.95. The normalized spacial score (nSPS) is 12.3. The molecule has 2 rings (SSSR count). The average Bonchev–Trinajstić information content (AvgIpc) is 2.89. The number of carbonyl (C=O) groups is 2. The zero-order valence-corrected chi connectivity index (χ0v) is 11.8. The summed E-state index contributed by atoms with van der Waals surface area (Å²) in [7, 11) is 0. The van der Waals surface area contributed by atoms with Gasteiger partial charge in [0.25, 0.3) is 0 Å². The highest BCUT2D eigenvalue weighted by Gasteiger charge is 2.21. The Labute approximate surface area is 118 Å². The predicted octanol–water partition coefficient (Wildman–Crippen LogP) is 2.87. The van der Waals surface area contributed by atoms with Crippen LogP contribution in [0.15, 0.2) is 30.5 Å². The Bertz CT molecular complexity index is 615. The highest BCUT2D eigenvalue weighted by atomic mass is 16.5. The van der Waals surface area contributed by atoms with Gasteiger partial charge in [-0.3, -0.25) is 4.79 Å². The molecule has 0 aliphatic heterocycles. The maximum atomic E-state index is 11.6. The third kappa shape index (κ3) is 3.07. The Hall–Kier alpha value is -2.10. The molecule has 1 unspecified atom stereocenters. The fourth-order valence-corrected chi connectivity index (χ4v) is 2.05. The van der Waals surface area contributed by atoms with Crippen molar-refractivity contribution in [3.05, 3.63) is 36.0 Å². The van der Waals surface area contributed by atoms with Crippen LogP contribution in [0.3, 0.4) is 0 Å². The fraction of sp³-hybridized carbons (Fsp3) is 0.375. The summed E-state index contributed by atoms with van der Waals surface area (Å²) in [6.07, 6.45) is 3.16. The zero-order chi connectivity index (χ0) is 14.5. The van der Waals surface area contributed by atoms with E-state index >= 15 is 0 Å². The van der Waals surface area contributed by atoms with E-state index in [4.69, 9.17) is 4.74 Å². The molecule has 0 amide bonds. The molecule has 0 spiro atoms. The third-order valence-corrected chi connectivity index (χ3v) is 3.54. The predicted molar refractivity (Wildman–Crippen MR) is 77.4 cm³/mol. The van der Waals surface area contributed by atoms with Gasteiger partial charge in [-0.05, 0) is 18.1 Å². The van der Waals surface area contributed by atoms with Gasteiger partial charge in [0.15, 0.2) is 0 Å². The number of Topliss-reactive ketones (excluding diaryl/α,β-unsaturated/α-hetero) is 1. The van der Waals surface area contributed by atoms with E-state index in [1.165, 1.54) is 0 Å². The van der Waals surface area contributed by atoms with Crippen LogP contribution in [0.5, 0.6) is 0 Å². The van der Waals surface area contributed by atoms with Gasteiger partial charge in [-0.2, -0.15) is 0 Å². The lowest BCUT2D eigenvalue weighted by Gasteiger charge is -2.07. The molecule has 1 atom stereocenters. The van der Waals surface area contributed by atoms with Crippen molar-refractivity contribution in [3.8, 4) is 0 Å². The molecule has 4 heteroatoms. The van der Waals surface area contributed by atoms with Gasteiger partial charge in [-0.25, -0.2) is 4.79 Å². The molecule has 0 saturated carbocycles. The molecule has 0 saturated heterocycles. The van der Waals surface area contributed by atoms with Crippen molar-refractivity contribution in [1.29, 1.82) is 0 Å². The number of hydrogen-bond acceptors (Lipinski definition) is 3. The van der Waals surface area contributed by atoms with Gasteiger partial charge in [0, 0.05) is 29.4 Å². The molecule has 106 valence electrons. The van der Waals surface area contributed by atoms with Crippen LogP contribution in [0.25, 0.3) is 10.9 Å². The fourth-order valence-electron chi connectivity index (χ4n) is 2.05. The number of rotatable bonds is 6. The number of aromatic nitrogens is 1. The van der Waals surface area contributed by atoms with Gasteiger partial charge in [-0.15, -0.1) is 0 Å². The molecule has 0 aliphatic carbocycles. The Morgan fingerprint density at radius 3 is 2.80 bits per heavy atom. The highest BCUT2D eigenvalue weighted by Crippen LogP contribution is 2.18. The molecule has 20 heavy (non-hydrogen) atoms. The van der Waals surface area contributed by atoms with Crippen LogP contribution in [-0.4, -0.2) is 23.3 Å². The molecule has 2 aromatic rings. The summed E-state index contributed by atoms with van der Waals surface area (Å²) in [5.74, 6) is -1.43. The molecule has 1 aromatic carbocycles. The number of hydrogen-bond donors (Lipinski definition) is 1. The molecule has 1 heterocycles. The summed E-state index contributed by atoms with van der Waals surface area (Å²) < 4.78 is 5.05. The Morgan fingerprint density at radius 1 is 1.30 bits per heavy atom. The zero-order valence-electron chi connectivity index (χ0n) is 11.8. The van der Waals surface area contributed by atoms with Gasteiger partial charge in [0.1, 0.15) is 0 Å². The number of carbonyl (C=O) groups excluding carboxylic acids is 2. The van der Waals surface area contributed by atoms with E-state index in [0.717, 1.165) is 16.5 Å². The van der Waals surface area contributed by atoms with Crippen molar-refractivity contribution in [2.24, 2.45) is 5.92 Å². The second kappa shape index (κ2) is 6.37. The standard InChI is InChI=1S/C16H19NO3/c1-3-11(2)15(18)16(19)20-9-8-12-10-17-14-7-5-4-6-13(12)14/h4-7,10-11,17H,3,8-9H2,1-2H3. The number of ether oxygens (including phenoxy) is 1. The second-order valence-electron chi connectivity index (χ2n) is 4.92. The number of H-pyrrole nitrogens is 1. The van der Waals surface area contributed by atoms with Crippen molar-refractivity contribution >= 4 is 22.7 Å². The molecule has 1 N–H and O–H groups in total. The van der Waals surface area contributed by atoms with Crippen LogP contribution in [0.1, 0.15) is 25.8 Å². The number of nitrogens with one attached hydrogen (secondary N) is 1. The van der Waals surface area contributed by atoms with Gasteiger partial charge in [0.05, 0.1) is 6.61 Å². The summed E-state index contributed by atoms with van der Waals surface area (Å²) >= 11 is 0. The van der Waals surface area contributed by atoms with Crippen LogP contribution in [0.2, 0.25) is 0 Å². The number of fused-ring (bicyclic) bond motifs is 1. The average molecular weight is 273 g/mol. The van der Waals surface area contributed by atoms with Crippen LogP contribution < -0.4 is 0 Å². The van der Waals surface area contributed by atoms with Crippen molar-refractivity contribution in [1.82, 2.24) is 4.98 Å². The van der Waals surface area contributed by atoms with Crippen molar-refractivity contribution < 1.29 is 14.3 Å². The lowest BCUT2D eigenvalue weighted by Crippen LogP contribution is -2.24.